The van der Waals surface area contributed by atoms with Crippen LogP contribution in [0, 0.1) is 11.3 Å². The van der Waals surface area contributed by atoms with E-state index in [0.717, 1.165) is 0 Å². The Kier molecular flexibility index (Phi) is 7.17. The van der Waals surface area contributed by atoms with Crippen molar-refractivity contribution in [3.8, 4) is 6.07 Å². The van der Waals surface area contributed by atoms with Crippen molar-refractivity contribution in [3.63, 3.8) is 0 Å². The Hall–Kier alpha value is -1.61. The van der Waals surface area contributed by atoms with Gasteiger partial charge in [-0.25, -0.2) is 0 Å². The van der Waals surface area contributed by atoms with Gasteiger partial charge in [0.1, 0.15) is 6.07 Å². The van der Waals surface area contributed by atoms with E-state index in [1.165, 1.54) is 0 Å². The van der Waals surface area contributed by atoms with Crippen LogP contribution in [-0.4, -0.2) is 41.7 Å². The second kappa shape index (κ2) is 8.63. The van der Waals surface area contributed by atoms with Crippen molar-refractivity contribution in [2.24, 2.45) is 0 Å². The molecule has 0 aliphatic rings. The quantitative estimate of drug-likeness (QED) is 0.810. The highest BCUT2D eigenvalue weighted by Crippen LogP contribution is 2.20. The number of halogens is 1. The Labute approximate surface area is 130 Å². The third-order valence-electron chi connectivity index (χ3n) is 3.05. The lowest BCUT2D eigenvalue weighted by atomic mass is 10.2. The number of carbonyl (C=O) groups is 1. The number of hydrogen-bond donors (Lipinski definition) is 2. The minimum Gasteiger partial charge on any atom is -0.396 e. The number of nitrogens with zero attached hydrogens (tertiary/aromatic N) is 2. The SMILES string of the molecule is CC(C)N(CCCO)CC(=O)Nc1ccc(C#N)c(Cl)c1. The second-order valence-corrected chi connectivity index (χ2v) is 5.40. The molecule has 5 nitrogen and oxygen atoms in total. The second-order valence-electron chi connectivity index (χ2n) is 5.00. The molecule has 0 aliphatic heterocycles. The van der Waals surface area contributed by atoms with Gasteiger partial charge in [-0.15, -0.1) is 0 Å². The van der Waals surface area contributed by atoms with Crippen LogP contribution in [0.25, 0.3) is 0 Å². The summed E-state index contributed by atoms with van der Waals surface area (Å²) in [5.41, 5.74) is 0.941. The Balaban J connectivity index is 2.63. The molecule has 21 heavy (non-hydrogen) atoms. The number of amides is 1. The van der Waals surface area contributed by atoms with Crippen LogP contribution in [0.1, 0.15) is 25.8 Å². The van der Waals surface area contributed by atoms with E-state index in [1.807, 2.05) is 24.8 Å². The molecule has 1 aromatic carbocycles. The molecule has 1 aromatic rings. The van der Waals surface area contributed by atoms with Gasteiger partial charge in [-0.3, -0.25) is 9.69 Å². The summed E-state index contributed by atoms with van der Waals surface area (Å²) in [4.78, 5) is 14.0. The summed E-state index contributed by atoms with van der Waals surface area (Å²) < 4.78 is 0. The maximum atomic E-state index is 12.0. The molecule has 0 bridgehead atoms. The third-order valence-corrected chi connectivity index (χ3v) is 3.37. The molecule has 0 radical (unpaired) electrons. The topological polar surface area (TPSA) is 76.4 Å². The Morgan fingerprint density at radius 1 is 1.52 bits per heavy atom. The molecule has 1 rings (SSSR count). The van der Waals surface area contributed by atoms with E-state index in [1.54, 1.807) is 18.2 Å². The van der Waals surface area contributed by atoms with Crippen LogP contribution < -0.4 is 5.32 Å². The molecule has 2 N–H and O–H groups in total. The summed E-state index contributed by atoms with van der Waals surface area (Å²) in [6.45, 7) is 5.02. The first-order valence-corrected chi connectivity index (χ1v) is 7.20. The first-order chi connectivity index (χ1) is 9.97. The minimum atomic E-state index is -0.151. The fraction of sp³-hybridized carbons (Fsp3) is 0.467. The summed E-state index contributed by atoms with van der Waals surface area (Å²) in [5.74, 6) is -0.151. The number of carbonyl (C=O) groups excluding carboxylic acids is 1. The van der Waals surface area contributed by atoms with E-state index in [4.69, 9.17) is 22.0 Å². The maximum Gasteiger partial charge on any atom is 0.238 e. The first kappa shape index (κ1) is 17.4. The normalized spacial score (nSPS) is 10.7. The van der Waals surface area contributed by atoms with Gasteiger partial charge in [-0.2, -0.15) is 5.26 Å². The molecule has 0 fully saturated rings. The highest BCUT2D eigenvalue weighted by atomic mass is 35.5. The summed E-state index contributed by atoms with van der Waals surface area (Å²) in [6, 6.07) is 6.97. The van der Waals surface area contributed by atoms with E-state index in [9.17, 15) is 4.79 Å². The standard InChI is InChI=1S/C15H20ClN3O2/c1-11(2)19(6-3-7-20)10-15(21)18-13-5-4-12(9-17)14(16)8-13/h4-5,8,11,20H,3,6-7,10H2,1-2H3,(H,18,21). The zero-order valence-electron chi connectivity index (χ0n) is 12.3. The molecule has 0 spiro atoms. The van der Waals surface area contributed by atoms with Gasteiger partial charge in [0.25, 0.3) is 0 Å². The average Bonchev–Trinajstić information content (AvgIpc) is 2.43. The molecular weight excluding hydrogens is 290 g/mol. The van der Waals surface area contributed by atoms with Gasteiger partial charge in [0, 0.05) is 24.9 Å². The van der Waals surface area contributed by atoms with Gasteiger partial charge in [-0.1, -0.05) is 11.6 Å². The number of aliphatic hydroxyl groups excluding tert-OH is 1. The Morgan fingerprint density at radius 2 is 2.24 bits per heavy atom. The Bertz CT molecular complexity index is 526. The predicted molar refractivity (Wildman–Crippen MR) is 83.2 cm³/mol. The van der Waals surface area contributed by atoms with Crippen LogP contribution in [0.3, 0.4) is 0 Å². The molecule has 0 heterocycles. The lowest BCUT2D eigenvalue weighted by Crippen LogP contribution is -2.39. The number of anilines is 1. The number of rotatable bonds is 7. The monoisotopic (exact) mass is 309 g/mol. The number of nitriles is 1. The fourth-order valence-electron chi connectivity index (χ4n) is 1.86. The lowest BCUT2D eigenvalue weighted by molar-refractivity contribution is -0.117. The highest BCUT2D eigenvalue weighted by molar-refractivity contribution is 6.32. The van der Waals surface area contributed by atoms with E-state index >= 15 is 0 Å². The first-order valence-electron chi connectivity index (χ1n) is 6.82. The van der Waals surface area contributed by atoms with Crippen LogP contribution in [0.5, 0.6) is 0 Å². The Morgan fingerprint density at radius 3 is 2.76 bits per heavy atom. The van der Waals surface area contributed by atoms with Crippen molar-refractivity contribution in [1.82, 2.24) is 4.90 Å². The number of aliphatic hydroxyl groups is 1. The van der Waals surface area contributed by atoms with Crippen molar-refractivity contribution in [2.75, 3.05) is 25.0 Å². The summed E-state index contributed by atoms with van der Waals surface area (Å²) in [5, 5.41) is 20.8. The molecule has 0 aliphatic carbocycles. The molecular formula is C15H20ClN3O2. The molecule has 1 amide bonds. The molecule has 114 valence electrons. The highest BCUT2D eigenvalue weighted by Gasteiger charge is 2.14. The van der Waals surface area contributed by atoms with Crippen molar-refractivity contribution < 1.29 is 9.90 Å². The van der Waals surface area contributed by atoms with Crippen molar-refractivity contribution in [3.05, 3.63) is 28.8 Å². The zero-order chi connectivity index (χ0) is 15.8. The van der Waals surface area contributed by atoms with Crippen molar-refractivity contribution >= 4 is 23.2 Å². The predicted octanol–water partition coefficient (Wildman–Crippen LogP) is 2.24. The number of benzene rings is 1. The van der Waals surface area contributed by atoms with Gasteiger partial charge < -0.3 is 10.4 Å². The largest absolute Gasteiger partial charge is 0.396 e. The van der Waals surface area contributed by atoms with Gasteiger partial charge in [0.2, 0.25) is 5.91 Å². The molecule has 6 heteroatoms. The van der Waals surface area contributed by atoms with Gasteiger partial charge in [0.15, 0.2) is 0 Å². The van der Waals surface area contributed by atoms with E-state index < -0.39 is 0 Å². The zero-order valence-corrected chi connectivity index (χ0v) is 13.0. The van der Waals surface area contributed by atoms with Crippen LogP contribution in [-0.2, 0) is 4.79 Å². The lowest BCUT2D eigenvalue weighted by Gasteiger charge is -2.25. The number of nitrogens with one attached hydrogen (secondary N) is 1. The maximum absolute atomic E-state index is 12.0. The smallest absolute Gasteiger partial charge is 0.238 e. The third kappa shape index (κ3) is 5.72. The van der Waals surface area contributed by atoms with Gasteiger partial charge in [0.05, 0.1) is 17.1 Å². The minimum absolute atomic E-state index is 0.107. The van der Waals surface area contributed by atoms with Crippen molar-refractivity contribution in [1.29, 1.82) is 5.26 Å². The molecule has 0 saturated carbocycles. The van der Waals surface area contributed by atoms with Crippen LogP contribution in [0.4, 0.5) is 5.69 Å². The van der Waals surface area contributed by atoms with Crippen LogP contribution in [0.2, 0.25) is 5.02 Å². The van der Waals surface area contributed by atoms with E-state index in [2.05, 4.69) is 5.32 Å². The molecule has 0 saturated heterocycles. The van der Waals surface area contributed by atoms with Gasteiger partial charge in [-0.05, 0) is 38.5 Å². The van der Waals surface area contributed by atoms with Crippen molar-refractivity contribution in [2.45, 2.75) is 26.3 Å². The summed E-state index contributed by atoms with van der Waals surface area (Å²) in [7, 11) is 0. The summed E-state index contributed by atoms with van der Waals surface area (Å²) in [6.07, 6.45) is 0.633. The van der Waals surface area contributed by atoms with Crippen LogP contribution >= 0.6 is 11.6 Å². The summed E-state index contributed by atoms with van der Waals surface area (Å²) >= 11 is 5.93. The number of hydrogen-bond acceptors (Lipinski definition) is 4. The van der Waals surface area contributed by atoms with E-state index in [0.29, 0.717) is 29.2 Å². The fourth-order valence-corrected chi connectivity index (χ4v) is 2.08. The van der Waals surface area contributed by atoms with E-state index in [-0.39, 0.29) is 25.1 Å². The molecule has 0 unspecified atom stereocenters. The molecule has 0 atom stereocenters. The van der Waals surface area contributed by atoms with Gasteiger partial charge >= 0.3 is 0 Å². The van der Waals surface area contributed by atoms with Crippen LogP contribution in [0.15, 0.2) is 18.2 Å². The molecule has 0 aromatic heterocycles. The average molecular weight is 310 g/mol.